The highest BCUT2D eigenvalue weighted by Crippen LogP contribution is 2.22. The first-order valence-electron chi connectivity index (χ1n) is 6.59. The topological polar surface area (TPSA) is 63.4 Å². The van der Waals surface area contributed by atoms with Gasteiger partial charge in [0.2, 0.25) is 5.89 Å². The maximum absolute atomic E-state index is 5.70. The van der Waals surface area contributed by atoms with E-state index in [1.54, 1.807) is 7.11 Å². The summed E-state index contributed by atoms with van der Waals surface area (Å²) in [5.74, 6) is 0.652. The molecule has 1 aliphatic rings. The van der Waals surface area contributed by atoms with Crippen LogP contribution in [0.4, 0.5) is 6.01 Å². The minimum absolute atomic E-state index is 0.104. The standard InChI is InChI=1S/C12H22N4O2/c1-4-6-13-9(2)11-14-15-12(18-11)16-7-5-10(8-16)17-3/h9-10,13H,4-8H2,1-3H3. The Bertz CT molecular complexity index is 369. The van der Waals surface area contributed by atoms with E-state index in [-0.39, 0.29) is 12.1 Å². The lowest BCUT2D eigenvalue weighted by Gasteiger charge is -2.12. The largest absolute Gasteiger partial charge is 0.406 e. The molecule has 0 amide bonds. The molecule has 0 aliphatic carbocycles. The molecule has 2 rings (SSSR count). The van der Waals surface area contributed by atoms with Crippen LogP contribution in [0, 0.1) is 0 Å². The molecule has 2 heterocycles. The van der Waals surface area contributed by atoms with Crippen molar-refractivity contribution in [3.63, 3.8) is 0 Å². The van der Waals surface area contributed by atoms with Gasteiger partial charge in [-0.1, -0.05) is 12.0 Å². The molecule has 0 bridgehead atoms. The molecular weight excluding hydrogens is 232 g/mol. The zero-order valence-electron chi connectivity index (χ0n) is 11.3. The number of nitrogens with one attached hydrogen (secondary N) is 1. The van der Waals surface area contributed by atoms with Gasteiger partial charge in [0.15, 0.2) is 0 Å². The Kier molecular flexibility index (Phi) is 4.54. The van der Waals surface area contributed by atoms with E-state index in [0.717, 1.165) is 32.5 Å². The second-order valence-corrected chi connectivity index (χ2v) is 4.69. The molecule has 0 aromatic carbocycles. The van der Waals surface area contributed by atoms with Gasteiger partial charge in [-0.05, 0) is 26.3 Å². The van der Waals surface area contributed by atoms with E-state index < -0.39 is 0 Å². The Morgan fingerprint density at radius 1 is 1.56 bits per heavy atom. The van der Waals surface area contributed by atoms with Crippen molar-refractivity contribution in [1.29, 1.82) is 0 Å². The van der Waals surface area contributed by atoms with Crippen LogP contribution in [0.15, 0.2) is 4.42 Å². The predicted molar refractivity (Wildman–Crippen MR) is 68.6 cm³/mol. The smallest absolute Gasteiger partial charge is 0.318 e. The molecule has 0 radical (unpaired) electrons. The Hall–Kier alpha value is -1.14. The van der Waals surface area contributed by atoms with Crippen molar-refractivity contribution in [3.05, 3.63) is 5.89 Å². The van der Waals surface area contributed by atoms with Crippen LogP contribution in [-0.4, -0.2) is 43.0 Å². The lowest BCUT2D eigenvalue weighted by atomic mass is 10.3. The van der Waals surface area contributed by atoms with E-state index >= 15 is 0 Å². The van der Waals surface area contributed by atoms with Crippen LogP contribution >= 0.6 is 0 Å². The molecule has 18 heavy (non-hydrogen) atoms. The molecule has 1 aromatic rings. The van der Waals surface area contributed by atoms with Crippen LogP contribution in [0.5, 0.6) is 0 Å². The van der Waals surface area contributed by atoms with E-state index in [1.165, 1.54) is 0 Å². The highest BCUT2D eigenvalue weighted by atomic mass is 16.5. The first kappa shape index (κ1) is 13.3. The van der Waals surface area contributed by atoms with Crippen molar-refractivity contribution in [1.82, 2.24) is 15.5 Å². The van der Waals surface area contributed by atoms with Crippen LogP contribution in [0.2, 0.25) is 0 Å². The van der Waals surface area contributed by atoms with Gasteiger partial charge >= 0.3 is 6.01 Å². The van der Waals surface area contributed by atoms with Gasteiger partial charge in [0.05, 0.1) is 12.1 Å². The summed E-state index contributed by atoms with van der Waals surface area (Å²) < 4.78 is 11.0. The third kappa shape index (κ3) is 3.00. The minimum Gasteiger partial charge on any atom is -0.406 e. The van der Waals surface area contributed by atoms with Gasteiger partial charge in [0.1, 0.15) is 0 Å². The predicted octanol–water partition coefficient (Wildman–Crippen LogP) is 1.36. The molecule has 6 heteroatoms. The molecule has 1 N–H and O–H groups in total. The van der Waals surface area contributed by atoms with Gasteiger partial charge in [-0.3, -0.25) is 0 Å². The Morgan fingerprint density at radius 3 is 3.06 bits per heavy atom. The first-order chi connectivity index (χ1) is 8.74. The summed E-state index contributed by atoms with van der Waals surface area (Å²) in [6.45, 7) is 6.86. The number of nitrogens with zero attached hydrogens (tertiary/aromatic N) is 3. The van der Waals surface area contributed by atoms with E-state index in [2.05, 4.69) is 27.3 Å². The van der Waals surface area contributed by atoms with E-state index in [9.17, 15) is 0 Å². The number of anilines is 1. The Balaban J connectivity index is 1.93. The second kappa shape index (κ2) is 6.15. The maximum atomic E-state index is 5.70. The van der Waals surface area contributed by atoms with Gasteiger partial charge in [-0.15, -0.1) is 5.10 Å². The number of rotatable bonds is 6. The van der Waals surface area contributed by atoms with Crippen LogP contribution < -0.4 is 10.2 Å². The SMILES string of the molecule is CCCNC(C)c1nnc(N2CCC(OC)C2)o1. The molecule has 0 spiro atoms. The summed E-state index contributed by atoms with van der Waals surface area (Å²) in [4.78, 5) is 2.08. The van der Waals surface area contributed by atoms with Gasteiger partial charge in [0, 0.05) is 20.2 Å². The molecular formula is C12H22N4O2. The van der Waals surface area contributed by atoms with Crippen molar-refractivity contribution < 1.29 is 9.15 Å². The average molecular weight is 254 g/mol. The van der Waals surface area contributed by atoms with Gasteiger partial charge < -0.3 is 19.4 Å². The summed E-state index contributed by atoms with van der Waals surface area (Å²) >= 11 is 0. The number of aromatic nitrogens is 2. The van der Waals surface area contributed by atoms with Crippen molar-refractivity contribution in [2.75, 3.05) is 31.6 Å². The summed E-state index contributed by atoms with van der Waals surface area (Å²) in [6, 6.07) is 0.710. The number of hydrogen-bond donors (Lipinski definition) is 1. The highest BCUT2D eigenvalue weighted by Gasteiger charge is 2.26. The quantitative estimate of drug-likeness (QED) is 0.827. The third-order valence-electron chi connectivity index (χ3n) is 3.25. The molecule has 1 fully saturated rings. The summed E-state index contributed by atoms with van der Waals surface area (Å²) in [7, 11) is 1.74. The monoisotopic (exact) mass is 254 g/mol. The van der Waals surface area contributed by atoms with Crippen LogP contribution in [0.25, 0.3) is 0 Å². The lowest BCUT2D eigenvalue weighted by Crippen LogP contribution is -2.22. The summed E-state index contributed by atoms with van der Waals surface area (Å²) in [5, 5.41) is 11.5. The van der Waals surface area contributed by atoms with E-state index in [1.807, 2.05) is 6.92 Å². The Labute approximate surface area is 108 Å². The molecule has 6 nitrogen and oxygen atoms in total. The van der Waals surface area contributed by atoms with Gasteiger partial charge in [-0.2, -0.15) is 0 Å². The van der Waals surface area contributed by atoms with Crippen LogP contribution in [-0.2, 0) is 4.74 Å². The maximum Gasteiger partial charge on any atom is 0.318 e. The Morgan fingerprint density at radius 2 is 2.39 bits per heavy atom. The van der Waals surface area contributed by atoms with Crippen molar-refractivity contribution in [2.45, 2.75) is 38.8 Å². The zero-order valence-corrected chi connectivity index (χ0v) is 11.3. The summed E-state index contributed by atoms with van der Waals surface area (Å²) in [5.41, 5.74) is 0. The molecule has 1 aliphatic heterocycles. The molecule has 102 valence electrons. The fraction of sp³-hybridized carbons (Fsp3) is 0.833. The normalized spacial score (nSPS) is 21.5. The van der Waals surface area contributed by atoms with Crippen molar-refractivity contribution in [2.24, 2.45) is 0 Å². The third-order valence-corrected chi connectivity index (χ3v) is 3.25. The molecule has 1 saturated heterocycles. The van der Waals surface area contributed by atoms with E-state index in [4.69, 9.17) is 9.15 Å². The fourth-order valence-corrected chi connectivity index (χ4v) is 2.07. The average Bonchev–Trinajstić information content (AvgIpc) is 3.03. The lowest BCUT2D eigenvalue weighted by molar-refractivity contribution is 0.120. The van der Waals surface area contributed by atoms with Crippen molar-refractivity contribution >= 4 is 6.01 Å². The molecule has 0 saturated carbocycles. The highest BCUT2D eigenvalue weighted by molar-refractivity contribution is 5.27. The summed E-state index contributed by atoms with van der Waals surface area (Å²) in [6.07, 6.45) is 2.38. The van der Waals surface area contributed by atoms with Crippen LogP contribution in [0.1, 0.15) is 38.6 Å². The number of ether oxygens (including phenoxy) is 1. The second-order valence-electron chi connectivity index (χ2n) is 4.69. The van der Waals surface area contributed by atoms with Crippen molar-refractivity contribution in [3.8, 4) is 0 Å². The number of methoxy groups -OCH3 is 1. The minimum atomic E-state index is 0.104. The zero-order chi connectivity index (χ0) is 13.0. The molecule has 2 atom stereocenters. The van der Waals surface area contributed by atoms with Gasteiger partial charge in [0.25, 0.3) is 0 Å². The first-order valence-corrected chi connectivity index (χ1v) is 6.59. The number of hydrogen-bond acceptors (Lipinski definition) is 6. The van der Waals surface area contributed by atoms with E-state index in [0.29, 0.717) is 11.9 Å². The van der Waals surface area contributed by atoms with Crippen LogP contribution in [0.3, 0.4) is 0 Å². The molecule has 2 unspecified atom stereocenters. The van der Waals surface area contributed by atoms with Gasteiger partial charge in [-0.25, -0.2) is 0 Å². The molecule has 1 aromatic heterocycles. The fourth-order valence-electron chi connectivity index (χ4n) is 2.07.